The highest BCUT2D eigenvalue weighted by atomic mass is 16.4. The number of aliphatic carboxylic acids is 1. The normalized spacial score (nSPS) is 27.2. The molecule has 0 saturated carbocycles. The van der Waals surface area contributed by atoms with E-state index in [1.165, 1.54) is 12.0 Å². The van der Waals surface area contributed by atoms with Crippen LogP contribution < -0.4 is 0 Å². The van der Waals surface area contributed by atoms with Gasteiger partial charge in [0.2, 0.25) is 0 Å². The smallest absolute Gasteiger partial charge is 0.303 e. The van der Waals surface area contributed by atoms with Crippen molar-refractivity contribution >= 4 is 5.97 Å². The molecule has 4 nitrogen and oxygen atoms in total. The fourth-order valence-electron chi connectivity index (χ4n) is 3.70. The average molecular weight is 288 g/mol. The average Bonchev–Trinajstić information content (AvgIpc) is 3.08. The van der Waals surface area contributed by atoms with Crippen LogP contribution in [0.15, 0.2) is 30.3 Å². The van der Waals surface area contributed by atoms with Crippen molar-refractivity contribution in [3.05, 3.63) is 35.9 Å². The summed E-state index contributed by atoms with van der Waals surface area (Å²) in [4.78, 5) is 15.8. The summed E-state index contributed by atoms with van der Waals surface area (Å²) in [5.74, 6) is -0.301. The van der Waals surface area contributed by atoms with Gasteiger partial charge in [0, 0.05) is 38.6 Å². The highest BCUT2D eigenvalue weighted by Crippen LogP contribution is 2.26. The first-order chi connectivity index (χ1) is 10.2. The number of carboxylic acids is 1. The SMILES string of the molecule is O=C(O)CC1CCN(C2CCN(Cc3ccccc3)C2)C1. The standard InChI is InChI=1S/C17H24N2O2/c20-17(21)10-15-6-9-19(12-15)16-7-8-18(13-16)11-14-4-2-1-3-5-14/h1-5,15-16H,6-13H2,(H,20,21). The number of hydrogen-bond donors (Lipinski definition) is 1. The Labute approximate surface area is 126 Å². The van der Waals surface area contributed by atoms with Crippen LogP contribution in [0.3, 0.4) is 0 Å². The van der Waals surface area contributed by atoms with Gasteiger partial charge in [0.1, 0.15) is 0 Å². The van der Waals surface area contributed by atoms with Crippen molar-refractivity contribution in [3.63, 3.8) is 0 Å². The van der Waals surface area contributed by atoms with Crippen LogP contribution in [0.5, 0.6) is 0 Å². The van der Waals surface area contributed by atoms with Gasteiger partial charge in [-0.3, -0.25) is 14.6 Å². The first-order valence-corrected chi connectivity index (χ1v) is 7.93. The Kier molecular flexibility index (Phi) is 4.56. The number of hydrogen-bond acceptors (Lipinski definition) is 3. The van der Waals surface area contributed by atoms with E-state index in [0.29, 0.717) is 18.4 Å². The molecule has 2 unspecified atom stereocenters. The van der Waals surface area contributed by atoms with Gasteiger partial charge in [-0.2, -0.15) is 0 Å². The van der Waals surface area contributed by atoms with E-state index in [1.807, 2.05) is 0 Å². The van der Waals surface area contributed by atoms with Gasteiger partial charge in [-0.25, -0.2) is 0 Å². The molecule has 2 fully saturated rings. The predicted molar refractivity (Wildman–Crippen MR) is 82.1 cm³/mol. The van der Waals surface area contributed by atoms with Crippen molar-refractivity contribution in [2.75, 3.05) is 26.2 Å². The second-order valence-electron chi connectivity index (χ2n) is 6.41. The molecule has 21 heavy (non-hydrogen) atoms. The van der Waals surface area contributed by atoms with E-state index in [0.717, 1.165) is 39.1 Å². The molecule has 2 aliphatic heterocycles. The lowest BCUT2D eigenvalue weighted by atomic mass is 10.1. The number of carboxylic acid groups (broad SMARTS) is 1. The van der Waals surface area contributed by atoms with Crippen LogP contribution >= 0.6 is 0 Å². The fourth-order valence-corrected chi connectivity index (χ4v) is 3.70. The largest absolute Gasteiger partial charge is 0.481 e. The first-order valence-electron chi connectivity index (χ1n) is 7.93. The van der Waals surface area contributed by atoms with E-state index in [-0.39, 0.29) is 0 Å². The molecule has 3 rings (SSSR count). The number of rotatable bonds is 5. The maximum Gasteiger partial charge on any atom is 0.303 e. The molecule has 4 heteroatoms. The van der Waals surface area contributed by atoms with Crippen molar-refractivity contribution in [1.29, 1.82) is 0 Å². The van der Waals surface area contributed by atoms with E-state index >= 15 is 0 Å². The summed E-state index contributed by atoms with van der Waals surface area (Å²) in [6.45, 7) is 5.34. The molecule has 0 bridgehead atoms. The van der Waals surface area contributed by atoms with Gasteiger partial charge in [-0.15, -0.1) is 0 Å². The molecule has 0 radical (unpaired) electrons. The number of likely N-dealkylation sites (tertiary alicyclic amines) is 2. The second-order valence-corrected chi connectivity index (χ2v) is 6.41. The van der Waals surface area contributed by atoms with Crippen LogP contribution in [0.4, 0.5) is 0 Å². The summed E-state index contributed by atoms with van der Waals surface area (Å²) in [6.07, 6.45) is 2.59. The molecule has 0 spiro atoms. The number of carbonyl (C=O) groups is 1. The summed E-state index contributed by atoms with van der Waals surface area (Å²) in [7, 11) is 0. The molecule has 1 aromatic rings. The van der Waals surface area contributed by atoms with E-state index in [2.05, 4.69) is 40.1 Å². The lowest BCUT2D eigenvalue weighted by Gasteiger charge is -2.24. The third kappa shape index (κ3) is 3.83. The maximum absolute atomic E-state index is 10.8. The lowest BCUT2D eigenvalue weighted by Crippen LogP contribution is -2.36. The van der Waals surface area contributed by atoms with Crippen LogP contribution in [-0.2, 0) is 11.3 Å². The predicted octanol–water partition coefficient (Wildman–Crippen LogP) is 2.06. The lowest BCUT2D eigenvalue weighted by molar-refractivity contribution is -0.138. The Bertz CT molecular complexity index is 477. The third-order valence-corrected chi connectivity index (χ3v) is 4.79. The molecule has 2 heterocycles. The first kappa shape index (κ1) is 14.5. The zero-order chi connectivity index (χ0) is 14.7. The Morgan fingerprint density at radius 2 is 1.95 bits per heavy atom. The molecule has 0 aliphatic carbocycles. The zero-order valence-electron chi connectivity index (χ0n) is 12.4. The summed E-state index contributed by atoms with van der Waals surface area (Å²) in [5, 5.41) is 8.90. The Morgan fingerprint density at radius 1 is 1.14 bits per heavy atom. The Morgan fingerprint density at radius 3 is 2.71 bits per heavy atom. The number of benzene rings is 1. The Hall–Kier alpha value is -1.39. The summed E-state index contributed by atoms with van der Waals surface area (Å²) >= 11 is 0. The maximum atomic E-state index is 10.8. The van der Waals surface area contributed by atoms with E-state index < -0.39 is 5.97 Å². The van der Waals surface area contributed by atoms with Crippen LogP contribution in [0.2, 0.25) is 0 Å². The van der Waals surface area contributed by atoms with Crippen LogP contribution in [0.25, 0.3) is 0 Å². The van der Waals surface area contributed by atoms with Crippen molar-refractivity contribution in [2.24, 2.45) is 5.92 Å². The molecule has 114 valence electrons. The second kappa shape index (κ2) is 6.58. The monoisotopic (exact) mass is 288 g/mol. The molecule has 2 atom stereocenters. The van der Waals surface area contributed by atoms with Gasteiger partial charge >= 0.3 is 5.97 Å². The van der Waals surface area contributed by atoms with Gasteiger partial charge in [-0.1, -0.05) is 30.3 Å². The Balaban J connectivity index is 1.48. The van der Waals surface area contributed by atoms with Crippen molar-refractivity contribution in [1.82, 2.24) is 9.80 Å². The minimum absolute atomic E-state index is 0.330. The van der Waals surface area contributed by atoms with Crippen molar-refractivity contribution in [3.8, 4) is 0 Å². The van der Waals surface area contributed by atoms with Crippen LogP contribution in [0, 0.1) is 5.92 Å². The quantitative estimate of drug-likeness (QED) is 0.900. The van der Waals surface area contributed by atoms with Gasteiger partial charge in [-0.05, 0) is 30.9 Å². The van der Waals surface area contributed by atoms with Crippen molar-refractivity contribution < 1.29 is 9.90 Å². The van der Waals surface area contributed by atoms with Gasteiger partial charge in [0.05, 0.1) is 0 Å². The highest BCUT2D eigenvalue weighted by Gasteiger charge is 2.33. The zero-order valence-corrected chi connectivity index (χ0v) is 12.4. The number of nitrogens with zero attached hydrogens (tertiary/aromatic N) is 2. The van der Waals surface area contributed by atoms with Crippen molar-refractivity contribution in [2.45, 2.75) is 31.8 Å². The minimum atomic E-state index is -0.654. The minimum Gasteiger partial charge on any atom is -0.481 e. The van der Waals surface area contributed by atoms with E-state index in [9.17, 15) is 4.79 Å². The summed E-state index contributed by atoms with van der Waals surface area (Å²) in [6, 6.07) is 11.2. The molecule has 1 aromatic carbocycles. The summed E-state index contributed by atoms with van der Waals surface area (Å²) in [5.41, 5.74) is 1.38. The molecule has 0 aromatic heterocycles. The molecule has 1 N–H and O–H groups in total. The van der Waals surface area contributed by atoms with E-state index in [4.69, 9.17) is 5.11 Å². The van der Waals surface area contributed by atoms with Crippen LogP contribution in [0.1, 0.15) is 24.8 Å². The van der Waals surface area contributed by atoms with E-state index in [1.54, 1.807) is 0 Å². The summed E-state index contributed by atoms with van der Waals surface area (Å²) < 4.78 is 0. The topological polar surface area (TPSA) is 43.8 Å². The van der Waals surface area contributed by atoms with Gasteiger partial charge in [0.25, 0.3) is 0 Å². The molecular weight excluding hydrogens is 264 g/mol. The third-order valence-electron chi connectivity index (χ3n) is 4.79. The van der Waals surface area contributed by atoms with Gasteiger partial charge < -0.3 is 5.11 Å². The van der Waals surface area contributed by atoms with Crippen LogP contribution in [-0.4, -0.2) is 53.1 Å². The fraction of sp³-hybridized carbons (Fsp3) is 0.588. The molecule has 0 amide bonds. The molecular formula is C17H24N2O2. The molecule has 2 saturated heterocycles. The molecule has 2 aliphatic rings. The van der Waals surface area contributed by atoms with Gasteiger partial charge in [0.15, 0.2) is 0 Å². The highest BCUT2D eigenvalue weighted by molar-refractivity contribution is 5.67.